The van der Waals surface area contributed by atoms with Gasteiger partial charge in [0.25, 0.3) is 0 Å². The van der Waals surface area contributed by atoms with Gasteiger partial charge in [0.2, 0.25) is 6.29 Å². The average molecular weight is 391 g/mol. The van der Waals surface area contributed by atoms with Crippen molar-refractivity contribution in [3.63, 3.8) is 0 Å². The zero-order valence-electron chi connectivity index (χ0n) is 15.5. The molecule has 1 radical (unpaired) electrons. The standard InChI is InChI=1S/C23H21ClN3O/c24-21-8-6-19(7-9-21)22-4-2-1-3-20(22)16-26-11-13-27(14-12-26)23-10-5-18(17-28)15-25-23/h1-10,15H,11-14,16H2. The summed E-state index contributed by atoms with van der Waals surface area (Å²) < 4.78 is 0. The van der Waals surface area contributed by atoms with Crippen LogP contribution in [0, 0.1) is 0 Å². The van der Waals surface area contributed by atoms with E-state index in [1.165, 1.54) is 16.7 Å². The van der Waals surface area contributed by atoms with Gasteiger partial charge in [-0.1, -0.05) is 48.0 Å². The molecule has 4 rings (SSSR count). The summed E-state index contributed by atoms with van der Waals surface area (Å²) in [5, 5.41) is 0.755. The van der Waals surface area contributed by atoms with Crippen LogP contribution in [0.4, 0.5) is 5.82 Å². The lowest BCUT2D eigenvalue weighted by Gasteiger charge is -2.35. The molecule has 0 N–H and O–H groups in total. The zero-order chi connectivity index (χ0) is 19.3. The summed E-state index contributed by atoms with van der Waals surface area (Å²) in [5.74, 6) is 0.917. The second-order valence-electron chi connectivity index (χ2n) is 6.93. The lowest BCUT2D eigenvalue weighted by Crippen LogP contribution is -2.46. The first-order chi connectivity index (χ1) is 13.7. The van der Waals surface area contributed by atoms with Gasteiger partial charge in [0, 0.05) is 49.5 Å². The van der Waals surface area contributed by atoms with Crippen molar-refractivity contribution in [3.05, 3.63) is 83.0 Å². The van der Waals surface area contributed by atoms with E-state index >= 15 is 0 Å². The van der Waals surface area contributed by atoms with Gasteiger partial charge in [0.05, 0.1) is 0 Å². The molecule has 0 amide bonds. The largest absolute Gasteiger partial charge is 0.354 e. The van der Waals surface area contributed by atoms with Gasteiger partial charge >= 0.3 is 0 Å². The summed E-state index contributed by atoms with van der Waals surface area (Å²) in [6.07, 6.45) is 3.45. The number of hydrogen-bond acceptors (Lipinski definition) is 4. The lowest BCUT2D eigenvalue weighted by molar-refractivity contribution is 0.249. The van der Waals surface area contributed by atoms with Gasteiger partial charge in [-0.2, -0.15) is 0 Å². The highest BCUT2D eigenvalue weighted by atomic mass is 35.5. The molecule has 0 aliphatic carbocycles. The maximum atomic E-state index is 10.7. The summed E-state index contributed by atoms with van der Waals surface area (Å²) in [7, 11) is 0. The van der Waals surface area contributed by atoms with Crippen molar-refractivity contribution >= 4 is 23.7 Å². The summed E-state index contributed by atoms with van der Waals surface area (Å²) in [5.41, 5.74) is 4.25. The molecule has 1 aromatic heterocycles. The Labute approximate surface area is 170 Å². The molecule has 5 heteroatoms. The minimum absolute atomic E-state index is 0.487. The Kier molecular flexibility index (Phi) is 5.70. The molecule has 3 aromatic rings. The minimum atomic E-state index is 0.487. The maximum Gasteiger partial charge on any atom is 0.235 e. The molecule has 1 aliphatic rings. The fourth-order valence-corrected chi connectivity index (χ4v) is 3.70. The smallest absolute Gasteiger partial charge is 0.235 e. The summed E-state index contributed by atoms with van der Waals surface area (Å²) >= 11 is 6.04. The highest BCUT2D eigenvalue weighted by Gasteiger charge is 2.19. The summed E-state index contributed by atoms with van der Waals surface area (Å²) in [4.78, 5) is 19.8. The van der Waals surface area contributed by atoms with Crippen LogP contribution in [0.15, 0.2) is 66.9 Å². The Bertz CT molecular complexity index is 933. The van der Waals surface area contributed by atoms with Crippen molar-refractivity contribution < 1.29 is 4.79 Å². The molecule has 4 nitrogen and oxygen atoms in total. The molecule has 0 saturated carbocycles. The number of piperazine rings is 1. The van der Waals surface area contributed by atoms with Crippen molar-refractivity contribution in [2.24, 2.45) is 0 Å². The Hall–Kier alpha value is -2.69. The topological polar surface area (TPSA) is 36.4 Å². The molecular formula is C23H21ClN3O. The molecule has 0 atom stereocenters. The van der Waals surface area contributed by atoms with E-state index in [-0.39, 0.29) is 0 Å². The van der Waals surface area contributed by atoms with Crippen LogP contribution in [0.1, 0.15) is 11.1 Å². The predicted molar refractivity (Wildman–Crippen MR) is 113 cm³/mol. The highest BCUT2D eigenvalue weighted by Crippen LogP contribution is 2.26. The molecule has 1 aliphatic heterocycles. The molecule has 2 aromatic carbocycles. The van der Waals surface area contributed by atoms with E-state index in [9.17, 15) is 4.79 Å². The third-order valence-corrected chi connectivity index (χ3v) is 5.38. The van der Waals surface area contributed by atoms with Crippen LogP contribution in [0.2, 0.25) is 5.02 Å². The SMILES string of the molecule is O=[C]c1ccc(N2CCN(Cc3ccccc3-c3ccc(Cl)cc3)CC2)nc1. The molecule has 2 heterocycles. The number of aromatic nitrogens is 1. The van der Waals surface area contributed by atoms with Crippen molar-refractivity contribution in [2.45, 2.75) is 6.54 Å². The zero-order valence-corrected chi connectivity index (χ0v) is 16.3. The first-order valence-corrected chi connectivity index (χ1v) is 9.76. The fourth-order valence-electron chi connectivity index (χ4n) is 3.58. The van der Waals surface area contributed by atoms with Crippen LogP contribution < -0.4 is 4.90 Å². The molecule has 141 valence electrons. The number of benzene rings is 2. The Morgan fingerprint density at radius 1 is 0.929 bits per heavy atom. The van der Waals surface area contributed by atoms with E-state index in [0.717, 1.165) is 43.6 Å². The molecule has 0 spiro atoms. The molecule has 0 bridgehead atoms. The van der Waals surface area contributed by atoms with Crippen LogP contribution >= 0.6 is 11.6 Å². The first-order valence-electron chi connectivity index (χ1n) is 9.38. The number of rotatable bonds is 5. The van der Waals surface area contributed by atoms with Gasteiger partial charge in [-0.15, -0.1) is 0 Å². The second-order valence-corrected chi connectivity index (χ2v) is 7.37. The quantitative estimate of drug-likeness (QED) is 0.654. The van der Waals surface area contributed by atoms with Crippen molar-refractivity contribution in [3.8, 4) is 11.1 Å². The van der Waals surface area contributed by atoms with E-state index in [1.807, 2.05) is 24.5 Å². The highest BCUT2D eigenvalue weighted by molar-refractivity contribution is 6.30. The van der Waals surface area contributed by atoms with E-state index in [4.69, 9.17) is 11.6 Å². The first kappa shape index (κ1) is 18.7. The molecular weight excluding hydrogens is 370 g/mol. The number of nitrogens with zero attached hydrogens (tertiary/aromatic N) is 3. The van der Waals surface area contributed by atoms with Crippen molar-refractivity contribution in [1.29, 1.82) is 0 Å². The van der Waals surface area contributed by atoms with Gasteiger partial charge in [0.1, 0.15) is 5.82 Å². The maximum absolute atomic E-state index is 10.7. The van der Waals surface area contributed by atoms with Crippen LogP contribution in [0.3, 0.4) is 0 Å². The summed E-state index contributed by atoms with van der Waals surface area (Å²) in [6.45, 7) is 4.69. The van der Waals surface area contributed by atoms with Gasteiger partial charge in [-0.25, -0.2) is 4.98 Å². The van der Waals surface area contributed by atoms with Crippen LogP contribution in [-0.4, -0.2) is 42.3 Å². The third-order valence-electron chi connectivity index (χ3n) is 5.13. The Morgan fingerprint density at radius 2 is 1.68 bits per heavy atom. The van der Waals surface area contributed by atoms with Crippen LogP contribution in [0.5, 0.6) is 0 Å². The monoisotopic (exact) mass is 390 g/mol. The van der Waals surface area contributed by atoms with Crippen molar-refractivity contribution in [1.82, 2.24) is 9.88 Å². The number of pyridine rings is 1. The van der Waals surface area contributed by atoms with Crippen LogP contribution in [-0.2, 0) is 11.3 Å². The minimum Gasteiger partial charge on any atom is -0.354 e. The lowest BCUT2D eigenvalue weighted by atomic mass is 9.99. The van der Waals surface area contributed by atoms with E-state index < -0.39 is 0 Å². The number of halogens is 1. The van der Waals surface area contributed by atoms with E-state index in [1.54, 1.807) is 12.3 Å². The number of hydrogen-bond donors (Lipinski definition) is 0. The number of carbonyl (C=O) groups excluding carboxylic acids is 1. The van der Waals surface area contributed by atoms with E-state index in [2.05, 4.69) is 51.2 Å². The van der Waals surface area contributed by atoms with E-state index in [0.29, 0.717) is 5.56 Å². The normalized spacial score (nSPS) is 14.8. The second kappa shape index (κ2) is 8.55. The van der Waals surface area contributed by atoms with Gasteiger partial charge < -0.3 is 4.90 Å². The fraction of sp³-hybridized carbons (Fsp3) is 0.217. The molecule has 0 unspecified atom stereocenters. The van der Waals surface area contributed by atoms with Gasteiger partial charge in [-0.3, -0.25) is 9.69 Å². The molecule has 1 saturated heterocycles. The summed E-state index contributed by atoms with van der Waals surface area (Å²) in [6, 6.07) is 20.2. The molecule has 28 heavy (non-hydrogen) atoms. The predicted octanol–water partition coefficient (Wildman–Crippen LogP) is 4.18. The Balaban J connectivity index is 1.42. The third kappa shape index (κ3) is 4.24. The Morgan fingerprint density at radius 3 is 2.36 bits per heavy atom. The number of anilines is 1. The van der Waals surface area contributed by atoms with Gasteiger partial charge in [0.15, 0.2) is 0 Å². The van der Waals surface area contributed by atoms with Gasteiger partial charge in [-0.05, 0) is 41.0 Å². The van der Waals surface area contributed by atoms with Crippen LogP contribution in [0.25, 0.3) is 11.1 Å². The average Bonchev–Trinajstić information content (AvgIpc) is 2.75. The van der Waals surface area contributed by atoms with Crippen molar-refractivity contribution in [2.75, 3.05) is 31.1 Å². The molecule has 1 fully saturated rings.